The average molecular weight is 927 g/mol. The number of unbranched alkanes of at least 4 members (excludes halogenated alkanes) is 40. The minimum atomic E-state index is -1.55. The number of carbonyl (C=O) groups excluding carboxylic acids is 1. The number of aliphatic hydroxyl groups is 5. The molecule has 0 aromatic carbocycles. The van der Waals surface area contributed by atoms with E-state index < -0.39 is 49.5 Å². The summed E-state index contributed by atoms with van der Waals surface area (Å²) in [5.74, 6) is -0.139. The Morgan fingerprint density at radius 1 is 0.462 bits per heavy atom. The van der Waals surface area contributed by atoms with Crippen LogP contribution in [0.15, 0.2) is 0 Å². The zero-order valence-electron chi connectivity index (χ0n) is 43.0. The normalized spacial score (nSPS) is 19.8. The van der Waals surface area contributed by atoms with E-state index in [9.17, 15) is 30.3 Å². The summed E-state index contributed by atoms with van der Waals surface area (Å²) in [7, 11) is 0. The third-order valence-corrected chi connectivity index (χ3v) is 14.2. The first-order valence-electron chi connectivity index (χ1n) is 28.7. The molecule has 6 N–H and O–H groups in total. The van der Waals surface area contributed by atoms with Crippen LogP contribution in [0.1, 0.15) is 296 Å². The molecule has 0 aromatic heterocycles. The van der Waals surface area contributed by atoms with Crippen molar-refractivity contribution in [3.8, 4) is 0 Å². The second-order valence-electron chi connectivity index (χ2n) is 20.5. The number of hydrogen-bond donors (Lipinski definition) is 6. The molecule has 7 unspecified atom stereocenters. The Kier molecular flexibility index (Phi) is 44.9. The van der Waals surface area contributed by atoms with Crippen LogP contribution in [0.4, 0.5) is 0 Å². The van der Waals surface area contributed by atoms with Gasteiger partial charge >= 0.3 is 0 Å². The van der Waals surface area contributed by atoms with Gasteiger partial charge in [0, 0.05) is 6.42 Å². The van der Waals surface area contributed by atoms with E-state index in [0.29, 0.717) is 12.8 Å². The summed E-state index contributed by atoms with van der Waals surface area (Å²) in [5.41, 5.74) is 0. The van der Waals surface area contributed by atoms with Crippen molar-refractivity contribution in [2.24, 2.45) is 0 Å². The lowest BCUT2D eigenvalue weighted by atomic mass is 9.99. The summed E-state index contributed by atoms with van der Waals surface area (Å²) in [6.07, 6.45) is 48.6. The van der Waals surface area contributed by atoms with Gasteiger partial charge in [0.1, 0.15) is 24.4 Å². The van der Waals surface area contributed by atoms with E-state index in [1.165, 1.54) is 231 Å². The van der Waals surface area contributed by atoms with E-state index in [0.717, 1.165) is 38.5 Å². The highest BCUT2D eigenvalue weighted by molar-refractivity contribution is 5.76. The van der Waals surface area contributed by atoms with Gasteiger partial charge in [-0.05, 0) is 12.8 Å². The quantitative estimate of drug-likeness (QED) is 0.0330. The highest BCUT2D eigenvalue weighted by Crippen LogP contribution is 2.23. The van der Waals surface area contributed by atoms with Gasteiger partial charge in [0.05, 0.1) is 25.4 Å². The minimum Gasteiger partial charge on any atom is -0.394 e. The molecule has 1 aliphatic rings. The third-order valence-electron chi connectivity index (χ3n) is 14.2. The van der Waals surface area contributed by atoms with Crippen molar-refractivity contribution in [3.05, 3.63) is 0 Å². The summed E-state index contributed by atoms with van der Waals surface area (Å²) < 4.78 is 11.3. The summed E-state index contributed by atoms with van der Waals surface area (Å²) in [6, 6.07) is -0.712. The lowest BCUT2D eigenvalue weighted by molar-refractivity contribution is -0.302. The van der Waals surface area contributed by atoms with Crippen LogP contribution in [0.3, 0.4) is 0 Å². The molecular weight excluding hydrogens is 815 g/mol. The molecule has 9 heteroatoms. The lowest BCUT2D eigenvalue weighted by Crippen LogP contribution is -2.60. The van der Waals surface area contributed by atoms with Gasteiger partial charge in [0.25, 0.3) is 0 Å². The number of rotatable bonds is 50. The van der Waals surface area contributed by atoms with Crippen LogP contribution in [0.25, 0.3) is 0 Å². The van der Waals surface area contributed by atoms with Crippen molar-refractivity contribution < 1.29 is 39.8 Å². The van der Waals surface area contributed by atoms with Gasteiger partial charge in [-0.1, -0.05) is 277 Å². The van der Waals surface area contributed by atoms with Gasteiger partial charge < -0.3 is 40.3 Å². The maximum absolute atomic E-state index is 13.0. The highest BCUT2D eigenvalue weighted by Gasteiger charge is 2.44. The minimum absolute atomic E-state index is 0.131. The van der Waals surface area contributed by atoms with Gasteiger partial charge in [-0.25, -0.2) is 0 Å². The third kappa shape index (κ3) is 36.8. The molecule has 1 saturated heterocycles. The first-order valence-corrected chi connectivity index (χ1v) is 28.7. The smallest absolute Gasteiger partial charge is 0.220 e. The van der Waals surface area contributed by atoms with Gasteiger partial charge in [-0.2, -0.15) is 0 Å². The van der Waals surface area contributed by atoms with Gasteiger partial charge in [0.15, 0.2) is 6.29 Å². The molecular formula is C56H111NO8. The number of nitrogens with one attached hydrogen (secondary N) is 1. The fourth-order valence-electron chi connectivity index (χ4n) is 9.64. The van der Waals surface area contributed by atoms with Crippen molar-refractivity contribution in [1.29, 1.82) is 0 Å². The highest BCUT2D eigenvalue weighted by atomic mass is 16.7. The predicted molar refractivity (Wildman–Crippen MR) is 272 cm³/mol. The molecule has 1 aliphatic heterocycles. The Bertz CT molecular complexity index is 986. The monoisotopic (exact) mass is 926 g/mol. The maximum atomic E-state index is 13.0. The molecule has 0 aliphatic carbocycles. The molecule has 65 heavy (non-hydrogen) atoms. The van der Waals surface area contributed by atoms with E-state index in [1.54, 1.807) is 0 Å². The number of hydrogen-bond acceptors (Lipinski definition) is 8. The van der Waals surface area contributed by atoms with Crippen molar-refractivity contribution in [2.45, 2.75) is 339 Å². The van der Waals surface area contributed by atoms with Crippen LogP contribution in [0.2, 0.25) is 0 Å². The first-order chi connectivity index (χ1) is 31.8. The Morgan fingerprint density at radius 2 is 0.769 bits per heavy atom. The van der Waals surface area contributed by atoms with Crippen molar-refractivity contribution >= 4 is 5.91 Å². The van der Waals surface area contributed by atoms with Gasteiger partial charge in [-0.15, -0.1) is 0 Å². The molecule has 0 aromatic rings. The van der Waals surface area contributed by atoms with Crippen molar-refractivity contribution in [2.75, 3.05) is 13.2 Å². The molecule has 1 rings (SSSR count). The molecule has 388 valence electrons. The van der Waals surface area contributed by atoms with E-state index >= 15 is 0 Å². The summed E-state index contributed by atoms with van der Waals surface area (Å²) >= 11 is 0. The Hall–Kier alpha value is -0.810. The van der Waals surface area contributed by atoms with Gasteiger partial charge in [-0.3, -0.25) is 4.79 Å². The maximum Gasteiger partial charge on any atom is 0.220 e. The predicted octanol–water partition coefficient (Wildman–Crippen LogP) is 13.9. The number of aliphatic hydroxyl groups excluding tert-OH is 5. The molecule has 0 saturated carbocycles. The van der Waals surface area contributed by atoms with Gasteiger partial charge in [0.2, 0.25) is 5.91 Å². The fourth-order valence-corrected chi connectivity index (χ4v) is 9.64. The van der Waals surface area contributed by atoms with Crippen LogP contribution >= 0.6 is 0 Å². The van der Waals surface area contributed by atoms with Crippen LogP contribution in [0, 0.1) is 0 Å². The Balaban J connectivity index is 2.13. The van der Waals surface area contributed by atoms with E-state index in [-0.39, 0.29) is 12.5 Å². The molecule has 0 bridgehead atoms. The SMILES string of the molecule is CCCCCCCCCCCCCCCCCCCCCCCCCCCCCCCC(O)C(COC1OC(CO)C(O)C(O)C1O)NC(=O)CCCCCCCCCCCCCCC. The molecule has 9 nitrogen and oxygen atoms in total. The molecule has 0 spiro atoms. The largest absolute Gasteiger partial charge is 0.394 e. The fraction of sp³-hybridized carbons (Fsp3) is 0.982. The second kappa shape index (κ2) is 46.9. The first kappa shape index (κ1) is 62.2. The van der Waals surface area contributed by atoms with Crippen molar-refractivity contribution in [1.82, 2.24) is 5.32 Å². The van der Waals surface area contributed by atoms with Crippen LogP contribution < -0.4 is 5.32 Å². The molecule has 0 radical (unpaired) electrons. The van der Waals surface area contributed by atoms with Crippen LogP contribution in [0.5, 0.6) is 0 Å². The van der Waals surface area contributed by atoms with Crippen molar-refractivity contribution in [3.63, 3.8) is 0 Å². The number of amides is 1. The second-order valence-corrected chi connectivity index (χ2v) is 20.5. The topological polar surface area (TPSA) is 149 Å². The van der Waals surface area contributed by atoms with E-state index in [4.69, 9.17) is 9.47 Å². The standard InChI is InChI=1S/C56H111NO8/c1-3-5-7-9-11-13-15-17-18-19-20-21-22-23-24-25-26-27-28-29-30-31-32-34-35-37-39-41-43-45-50(59)49(48-64-56-55(63)54(62)53(61)51(47-58)65-56)57-52(60)46-44-42-40-38-36-33-16-14-12-10-8-6-4-2/h49-51,53-56,58-59,61-63H,3-48H2,1-2H3,(H,57,60). The lowest BCUT2D eigenvalue weighted by Gasteiger charge is -2.40. The number of carbonyl (C=O) groups is 1. The molecule has 1 heterocycles. The Labute approximate surface area is 402 Å². The van der Waals surface area contributed by atoms with Crippen LogP contribution in [-0.2, 0) is 14.3 Å². The Morgan fingerprint density at radius 3 is 1.09 bits per heavy atom. The summed E-state index contributed by atoms with van der Waals surface area (Å²) in [4.78, 5) is 13.0. The van der Waals surface area contributed by atoms with Crippen LogP contribution in [-0.4, -0.2) is 87.5 Å². The molecule has 1 amide bonds. The zero-order valence-corrected chi connectivity index (χ0v) is 43.0. The average Bonchev–Trinajstić information content (AvgIpc) is 3.31. The summed E-state index contributed by atoms with van der Waals surface area (Å²) in [6.45, 7) is 3.87. The summed E-state index contributed by atoms with van der Waals surface area (Å²) in [5, 5.41) is 54.6. The van der Waals surface area contributed by atoms with E-state index in [1.807, 2.05) is 0 Å². The zero-order chi connectivity index (χ0) is 47.3. The van der Waals surface area contributed by atoms with E-state index in [2.05, 4.69) is 19.2 Å². The molecule has 7 atom stereocenters. The molecule has 1 fully saturated rings. The number of ether oxygens (including phenoxy) is 2.